The summed E-state index contributed by atoms with van der Waals surface area (Å²) < 4.78 is 5.22. The quantitative estimate of drug-likeness (QED) is 0.894. The molecule has 1 N–H and O–H groups in total. The van der Waals surface area contributed by atoms with E-state index in [1.165, 1.54) is 0 Å². The highest BCUT2D eigenvalue weighted by atomic mass is 16.5. The normalized spacial score (nSPS) is 18.9. The smallest absolute Gasteiger partial charge is 0.256 e. The van der Waals surface area contributed by atoms with Gasteiger partial charge in [-0.05, 0) is 31.7 Å². The maximum Gasteiger partial charge on any atom is 0.256 e. The number of anilines is 1. The number of nitrogens with one attached hydrogen (secondary N) is 1. The molecule has 20 heavy (non-hydrogen) atoms. The summed E-state index contributed by atoms with van der Waals surface area (Å²) in [5.74, 6) is 0.534. The summed E-state index contributed by atoms with van der Waals surface area (Å²) in [6, 6.07) is 1.79. The van der Waals surface area contributed by atoms with Gasteiger partial charge in [-0.3, -0.25) is 9.78 Å². The first-order valence-electron chi connectivity index (χ1n) is 7.22. The largest absolute Gasteiger partial charge is 0.384 e. The molecule has 2 rings (SSSR count). The topological polar surface area (TPSA) is 54.5 Å². The van der Waals surface area contributed by atoms with Gasteiger partial charge in [-0.1, -0.05) is 0 Å². The summed E-state index contributed by atoms with van der Waals surface area (Å²) in [5, 5.41) is 3.20. The van der Waals surface area contributed by atoms with Crippen molar-refractivity contribution >= 4 is 11.6 Å². The maximum atomic E-state index is 12.7. The number of hydrogen-bond donors (Lipinski definition) is 1. The monoisotopic (exact) mass is 277 g/mol. The lowest BCUT2D eigenvalue weighted by Crippen LogP contribution is -2.41. The van der Waals surface area contributed by atoms with Gasteiger partial charge in [-0.15, -0.1) is 0 Å². The number of pyridine rings is 1. The molecule has 110 valence electrons. The Labute approximate surface area is 120 Å². The maximum absolute atomic E-state index is 12.7. The lowest BCUT2D eigenvalue weighted by molar-refractivity contribution is 0.0571. The van der Waals surface area contributed by atoms with E-state index in [9.17, 15) is 4.79 Å². The van der Waals surface area contributed by atoms with E-state index in [4.69, 9.17) is 4.74 Å². The second-order valence-corrected chi connectivity index (χ2v) is 5.17. The minimum absolute atomic E-state index is 0.0872. The van der Waals surface area contributed by atoms with Crippen molar-refractivity contribution in [1.82, 2.24) is 9.88 Å². The van der Waals surface area contributed by atoms with Crippen LogP contribution in [-0.4, -0.2) is 49.1 Å². The predicted octanol–water partition coefficient (Wildman–Crippen LogP) is 2.01. The zero-order valence-corrected chi connectivity index (χ0v) is 12.3. The average Bonchev–Trinajstić information content (AvgIpc) is 2.48. The van der Waals surface area contributed by atoms with Crippen LogP contribution in [0.15, 0.2) is 18.5 Å². The van der Waals surface area contributed by atoms with Gasteiger partial charge < -0.3 is 15.0 Å². The fourth-order valence-corrected chi connectivity index (χ4v) is 2.70. The van der Waals surface area contributed by atoms with Crippen molar-refractivity contribution in [3.05, 3.63) is 24.0 Å². The second kappa shape index (κ2) is 7.24. The van der Waals surface area contributed by atoms with Crippen LogP contribution in [0.25, 0.3) is 0 Å². The molecule has 1 aliphatic heterocycles. The first kappa shape index (κ1) is 14.8. The molecule has 0 saturated carbocycles. The van der Waals surface area contributed by atoms with Crippen LogP contribution in [0.4, 0.5) is 5.69 Å². The molecule has 1 amide bonds. The van der Waals surface area contributed by atoms with Crippen molar-refractivity contribution in [2.75, 3.05) is 38.7 Å². The van der Waals surface area contributed by atoms with Crippen molar-refractivity contribution in [1.29, 1.82) is 0 Å². The van der Waals surface area contributed by atoms with E-state index < -0.39 is 0 Å². The van der Waals surface area contributed by atoms with Gasteiger partial charge in [0.1, 0.15) is 0 Å². The van der Waals surface area contributed by atoms with Crippen molar-refractivity contribution in [2.45, 2.75) is 19.8 Å². The number of hydrogen-bond acceptors (Lipinski definition) is 4. The molecule has 5 nitrogen and oxygen atoms in total. The van der Waals surface area contributed by atoms with Gasteiger partial charge in [0.25, 0.3) is 5.91 Å². The molecule has 5 heteroatoms. The van der Waals surface area contributed by atoms with Gasteiger partial charge in [0.15, 0.2) is 0 Å². The van der Waals surface area contributed by atoms with Gasteiger partial charge in [0, 0.05) is 32.9 Å². The molecule has 1 aliphatic rings. The molecule has 1 fully saturated rings. The third kappa shape index (κ3) is 3.48. The molecule has 0 radical (unpaired) electrons. The molecule has 0 aromatic carbocycles. The molecule has 1 aromatic heterocycles. The van der Waals surface area contributed by atoms with Crippen molar-refractivity contribution in [3.63, 3.8) is 0 Å². The highest BCUT2D eigenvalue weighted by Crippen LogP contribution is 2.21. The number of rotatable bonds is 5. The fraction of sp³-hybridized carbons (Fsp3) is 0.600. The number of piperidine rings is 1. The van der Waals surface area contributed by atoms with Gasteiger partial charge in [0.2, 0.25) is 0 Å². The Hall–Kier alpha value is -1.62. The minimum atomic E-state index is 0.0872. The lowest BCUT2D eigenvalue weighted by Gasteiger charge is -2.32. The number of amides is 1. The van der Waals surface area contributed by atoms with Crippen molar-refractivity contribution < 1.29 is 9.53 Å². The number of likely N-dealkylation sites (tertiary alicyclic amines) is 1. The van der Waals surface area contributed by atoms with Gasteiger partial charge >= 0.3 is 0 Å². The molecular formula is C15H23N3O2. The zero-order chi connectivity index (χ0) is 14.4. The summed E-state index contributed by atoms with van der Waals surface area (Å²) in [6.07, 6.45) is 5.56. The molecule has 2 heterocycles. The number of ether oxygens (including phenoxy) is 1. The Morgan fingerprint density at radius 1 is 1.60 bits per heavy atom. The van der Waals surface area contributed by atoms with Gasteiger partial charge in [-0.2, -0.15) is 0 Å². The molecular weight excluding hydrogens is 254 g/mol. The third-order valence-corrected chi connectivity index (χ3v) is 3.63. The molecule has 0 bridgehead atoms. The van der Waals surface area contributed by atoms with Gasteiger partial charge in [-0.25, -0.2) is 0 Å². The Bertz CT molecular complexity index is 448. The summed E-state index contributed by atoms with van der Waals surface area (Å²) in [6.45, 7) is 5.11. The number of methoxy groups -OCH3 is 1. The predicted molar refractivity (Wildman–Crippen MR) is 78.9 cm³/mol. The van der Waals surface area contributed by atoms with E-state index in [-0.39, 0.29) is 5.91 Å². The average molecular weight is 277 g/mol. The summed E-state index contributed by atoms with van der Waals surface area (Å²) in [7, 11) is 1.72. The van der Waals surface area contributed by atoms with E-state index in [0.717, 1.165) is 44.8 Å². The van der Waals surface area contributed by atoms with E-state index in [1.54, 1.807) is 25.6 Å². The van der Waals surface area contributed by atoms with E-state index in [1.807, 2.05) is 11.8 Å². The summed E-state index contributed by atoms with van der Waals surface area (Å²) in [5.41, 5.74) is 1.52. The number of carbonyl (C=O) groups is 1. The zero-order valence-electron chi connectivity index (χ0n) is 12.3. The van der Waals surface area contributed by atoms with Crippen molar-refractivity contribution in [3.8, 4) is 0 Å². The van der Waals surface area contributed by atoms with Gasteiger partial charge in [0.05, 0.1) is 24.1 Å². The van der Waals surface area contributed by atoms with Crippen LogP contribution in [0.5, 0.6) is 0 Å². The lowest BCUT2D eigenvalue weighted by atomic mass is 9.98. The van der Waals surface area contributed by atoms with Crippen LogP contribution >= 0.6 is 0 Å². The highest BCUT2D eigenvalue weighted by Gasteiger charge is 2.25. The Morgan fingerprint density at radius 3 is 3.20 bits per heavy atom. The van der Waals surface area contributed by atoms with Crippen LogP contribution in [-0.2, 0) is 4.74 Å². The summed E-state index contributed by atoms with van der Waals surface area (Å²) in [4.78, 5) is 18.7. The molecule has 1 atom stereocenters. The Morgan fingerprint density at radius 2 is 2.45 bits per heavy atom. The first-order chi connectivity index (χ1) is 9.76. The second-order valence-electron chi connectivity index (χ2n) is 5.17. The minimum Gasteiger partial charge on any atom is -0.384 e. The third-order valence-electron chi connectivity index (χ3n) is 3.63. The molecule has 1 saturated heterocycles. The molecule has 1 aromatic rings. The number of aromatic nitrogens is 1. The van der Waals surface area contributed by atoms with Crippen LogP contribution < -0.4 is 5.32 Å². The van der Waals surface area contributed by atoms with Crippen LogP contribution in [0, 0.1) is 5.92 Å². The summed E-state index contributed by atoms with van der Waals surface area (Å²) >= 11 is 0. The Kier molecular flexibility index (Phi) is 5.35. The van der Waals surface area contributed by atoms with E-state index in [0.29, 0.717) is 11.5 Å². The van der Waals surface area contributed by atoms with Crippen LogP contribution in [0.1, 0.15) is 30.1 Å². The van der Waals surface area contributed by atoms with Crippen LogP contribution in [0.2, 0.25) is 0 Å². The molecule has 1 unspecified atom stereocenters. The standard InChI is InChI=1S/C15H23N3O2/c1-3-17-14-9-16-7-6-13(14)15(19)18-8-4-5-12(10-18)11-20-2/h6-7,9,12,17H,3-5,8,10-11H2,1-2H3. The first-order valence-corrected chi connectivity index (χ1v) is 7.22. The molecule has 0 spiro atoms. The van der Waals surface area contributed by atoms with E-state index in [2.05, 4.69) is 10.3 Å². The number of carbonyl (C=O) groups excluding carboxylic acids is 1. The van der Waals surface area contributed by atoms with Crippen LogP contribution in [0.3, 0.4) is 0 Å². The fourth-order valence-electron chi connectivity index (χ4n) is 2.70. The molecule has 0 aliphatic carbocycles. The number of nitrogens with zero attached hydrogens (tertiary/aromatic N) is 2. The highest BCUT2D eigenvalue weighted by molar-refractivity contribution is 5.99. The SMILES string of the molecule is CCNc1cnccc1C(=O)N1CCCC(COC)C1. The Balaban J connectivity index is 2.10. The van der Waals surface area contributed by atoms with E-state index >= 15 is 0 Å². The van der Waals surface area contributed by atoms with Crippen molar-refractivity contribution in [2.24, 2.45) is 5.92 Å².